The van der Waals surface area contributed by atoms with Crippen molar-refractivity contribution in [3.8, 4) is 0 Å². The van der Waals surface area contributed by atoms with Crippen molar-refractivity contribution < 1.29 is 4.48 Å². The second kappa shape index (κ2) is 3.35. The number of nitrogens with zero attached hydrogens (tertiary/aromatic N) is 1. The molecule has 0 N–H and O–H groups in total. The Morgan fingerprint density at radius 2 is 2.06 bits per heavy atom. The van der Waals surface area contributed by atoms with Gasteiger partial charge in [0.05, 0.1) is 20.1 Å². The number of hydrogen-bond acceptors (Lipinski definition) is 0. The maximum absolute atomic E-state index is 2.57. The third-order valence-electron chi connectivity index (χ3n) is 5.92. The van der Waals surface area contributed by atoms with E-state index in [1.165, 1.54) is 56.1 Å². The van der Waals surface area contributed by atoms with E-state index in [4.69, 9.17) is 0 Å². The van der Waals surface area contributed by atoms with Gasteiger partial charge in [0.25, 0.3) is 0 Å². The molecule has 0 radical (unpaired) electrons. The summed E-state index contributed by atoms with van der Waals surface area (Å²) in [6.45, 7) is 7.83. The van der Waals surface area contributed by atoms with Crippen molar-refractivity contribution in [2.45, 2.75) is 57.9 Å². The van der Waals surface area contributed by atoms with Crippen molar-refractivity contribution in [1.29, 1.82) is 0 Å². The summed E-state index contributed by atoms with van der Waals surface area (Å²) in [6, 6.07) is 0. The van der Waals surface area contributed by atoms with Crippen LogP contribution in [0.1, 0.15) is 52.4 Å². The third kappa shape index (κ3) is 1.27. The number of rotatable bonds is 0. The van der Waals surface area contributed by atoms with Crippen LogP contribution in [0.25, 0.3) is 0 Å². The van der Waals surface area contributed by atoms with Gasteiger partial charge in [-0.3, -0.25) is 0 Å². The lowest BCUT2D eigenvalue weighted by Crippen LogP contribution is -2.67. The molecule has 1 aliphatic carbocycles. The standard InChI is InChI=1S/C15H26N/c1-12-7-9-15(2)14-6-4-5-13(14)8-10-16(15,3)11-12/h12H,4-11H2,1-3H3/q+1/t12-,15+,16-/m1/s1. The van der Waals surface area contributed by atoms with Crippen LogP contribution in [0.4, 0.5) is 0 Å². The molecule has 3 aliphatic rings. The minimum Gasteiger partial charge on any atom is -0.317 e. The van der Waals surface area contributed by atoms with Gasteiger partial charge in [-0.05, 0) is 38.2 Å². The van der Waals surface area contributed by atoms with Crippen molar-refractivity contribution >= 4 is 0 Å². The molecule has 0 unspecified atom stereocenters. The Hall–Kier alpha value is -0.300. The van der Waals surface area contributed by atoms with Gasteiger partial charge in [0, 0.05) is 18.8 Å². The molecule has 16 heavy (non-hydrogen) atoms. The molecule has 1 nitrogen and oxygen atoms in total. The maximum Gasteiger partial charge on any atom is 0.118 e. The van der Waals surface area contributed by atoms with E-state index in [0.29, 0.717) is 5.54 Å². The fourth-order valence-electron chi connectivity index (χ4n) is 4.71. The maximum atomic E-state index is 2.57. The third-order valence-corrected chi connectivity index (χ3v) is 5.92. The highest BCUT2D eigenvalue weighted by atomic mass is 15.4. The minimum absolute atomic E-state index is 0.511. The topological polar surface area (TPSA) is 0 Å². The molecule has 3 atom stereocenters. The Morgan fingerprint density at radius 1 is 1.25 bits per heavy atom. The highest BCUT2D eigenvalue weighted by Gasteiger charge is 2.53. The predicted molar refractivity (Wildman–Crippen MR) is 68.2 cm³/mol. The second-order valence-electron chi connectivity index (χ2n) is 6.91. The minimum atomic E-state index is 0.511. The van der Waals surface area contributed by atoms with Crippen LogP contribution in [0.15, 0.2) is 11.1 Å². The highest BCUT2D eigenvalue weighted by molar-refractivity contribution is 5.30. The molecule has 2 aliphatic heterocycles. The zero-order valence-corrected chi connectivity index (χ0v) is 11.2. The Morgan fingerprint density at radius 3 is 2.88 bits per heavy atom. The van der Waals surface area contributed by atoms with Crippen molar-refractivity contribution in [1.82, 2.24) is 0 Å². The van der Waals surface area contributed by atoms with Gasteiger partial charge in [-0.1, -0.05) is 12.5 Å². The lowest BCUT2D eigenvalue weighted by atomic mass is 9.72. The van der Waals surface area contributed by atoms with E-state index in [2.05, 4.69) is 20.9 Å². The van der Waals surface area contributed by atoms with Gasteiger partial charge >= 0.3 is 0 Å². The molecule has 0 aromatic heterocycles. The smallest absolute Gasteiger partial charge is 0.118 e. The van der Waals surface area contributed by atoms with Gasteiger partial charge in [-0.2, -0.15) is 0 Å². The number of hydrogen-bond donors (Lipinski definition) is 0. The van der Waals surface area contributed by atoms with Crippen LogP contribution in [0.5, 0.6) is 0 Å². The van der Waals surface area contributed by atoms with Gasteiger partial charge in [-0.25, -0.2) is 0 Å². The Balaban J connectivity index is 2.02. The number of piperidine rings is 1. The molecule has 3 rings (SSSR count). The molecule has 0 aromatic carbocycles. The molecule has 0 saturated carbocycles. The van der Waals surface area contributed by atoms with Gasteiger partial charge in [-0.15, -0.1) is 0 Å². The zero-order chi connectivity index (χ0) is 11.4. The molecule has 90 valence electrons. The van der Waals surface area contributed by atoms with Crippen LogP contribution in [-0.2, 0) is 0 Å². The SMILES string of the molecule is C[C@@H]1CC[C@@]2(C)C3=C(CCC3)CC[N@+]2(C)C1. The first kappa shape index (κ1) is 10.8. The molecular formula is C15H26N+. The fourth-order valence-corrected chi connectivity index (χ4v) is 4.71. The van der Waals surface area contributed by atoms with Crippen LogP contribution in [0.2, 0.25) is 0 Å². The Kier molecular flexibility index (Phi) is 2.27. The first-order valence-corrected chi connectivity index (χ1v) is 7.11. The molecule has 0 bridgehead atoms. The molecule has 0 spiro atoms. The average Bonchev–Trinajstić information content (AvgIpc) is 2.70. The summed E-state index contributed by atoms with van der Waals surface area (Å²) in [5.74, 6) is 0.932. The summed E-state index contributed by atoms with van der Waals surface area (Å²) < 4.78 is 1.34. The summed E-state index contributed by atoms with van der Waals surface area (Å²) in [7, 11) is 2.53. The second-order valence-corrected chi connectivity index (χ2v) is 6.91. The van der Waals surface area contributed by atoms with Crippen molar-refractivity contribution in [2.24, 2.45) is 5.92 Å². The summed E-state index contributed by atoms with van der Waals surface area (Å²) >= 11 is 0. The molecule has 2 heterocycles. The normalized spacial score (nSPS) is 47.8. The molecule has 1 fully saturated rings. The lowest BCUT2D eigenvalue weighted by molar-refractivity contribution is -0.961. The van der Waals surface area contributed by atoms with E-state index >= 15 is 0 Å². The van der Waals surface area contributed by atoms with Gasteiger partial charge < -0.3 is 4.48 Å². The quantitative estimate of drug-likeness (QED) is 0.433. The first-order chi connectivity index (χ1) is 7.55. The molecule has 1 saturated heterocycles. The van der Waals surface area contributed by atoms with E-state index in [0.717, 1.165) is 5.92 Å². The van der Waals surface area contributed by atoms with E-state index in [9.17, 15) is 0 Å². The van der Waals surface area contributed by atoms with Crippen molar-refractivity contribution in [3.05, 3.63) is 11.1 Å². The van der Waals surface area contributed by atoms with E-state index in [-0.39, 0.29) is 0 Å². The van der Waals surface area contributed by atoms with Crippen LogP contribution >= 0.6 is 0 Å². The average molecular weight is 220 g/mol. The van der Waals surface area contributed by atoms with E-state index in [1.54, 1.807) is 0 Å². The number of fused-ring (bicyclic) bond motifs is 2. The largest absolute Gasteiger partial charge is 0.317 e. The predicted octanol–water partition coefficient (Wildman–Crippen LogP) is 3.51. The Labute approximate surface area is 100 Å². The van der Waals surface area contributed by atoms with Crippen molar-refractivity contribution in [2.75, 3.05) is 20.1 Å². The fraction of sp³-hybridized carbons (Fsp3) is 0.867. The van der Waals surface area contributed by atoms with Crippen LogP contribution < -0.4 is 0 Å². The molecule has 0 amide bonds. The number of quaternary nitrogens is 1. The van der Waals surface area contributed by atoms with Gasteiger partial charge in [0.1, 0.15) is 5.54 Å². The Bertz CT molecular complexity index is 343. The monoisotopic (exact) mass is 220 g/mol. The van der Waals surface area contributed by atoms with Crippen LogP contribution in [0, 0.1) is 5.92 Å². The van der Waals surface area contributed by atoms with Crippen LogP contribution in [0.3, 0.4) is 0 Å². The highest BCUT2D eigenvalue weighted by Crippen LogP contribution is 2.50. The number of likely N-dealkylation sites (N-methyl/N-ethyl adjacent to an activating group) is 1. The first-order valence-electron chi connectivity index (χ1n) is 7.11. The van der Waals surface area contributed by atoms with Crippen LogP contribution in [-0.4, -0.2) is 30.2 Å². The van der Waals surface area contributed by atoms with Crippen molar-refractivity contribution in [3.63, 3.8) is 0 Å². The summed E-state index contributed by atoms with van der Waals surface area (Å²) in [5.41, 5.74) is 4.25. The summed E-state index contributed by atoms with van der Waals surface area (Å²) in [6.07, 6.45) is 8.54. The summed E-state index contributed by atoms with van der Waals surface area (Å²) in [4.78, 5) is 0. The lowest BCUT2D eigenvalue weighted by Gasteiger charge is -2.57. The van der Waals surface area contributed by atoms with E-state index in [1.807, 2.05) is 11.1 Å². The van der Waals surface area contributed by atoms with E-state index < -0.39 is 0 Å². The molecule has 1 heteroatoms. The molecule has 0 aromatic rings. The zero-order valence-electron chi connectivity index (χ0n) is 11.2. The van der Waals surface area contributed by atoms with Gasteiger partial charge in [0.2, 0.25) is 0 Å². The van der Waals surface area contributed by atoms with Gasteiger partial charge in [0.15, 0.2) is 0 Å². The summed E-state index contributed by atoms with van der Waals surface area (Å²) in [5, 5.41) is 0. The molecular weight excluding hydrogens is 194 g/mol.